The highest BCUT2D eigenvalue weighted by Gasteiger charge is 2.52. The van der Waals surface area contributed by atoms with E-state index in [4.69, 9.17) is 25.8 Å². The quantitative estimate of drug-likeness (QED) is 0.0752. The van der Waals surface area contributed by atoms with Gasteiger partial charge in [-0.3, -0.25) is 24.0 Å². The van der Waals surface area contributed by atoms with E-state index in [0.29, 0.717) is 11.3 Å². The van der Waals surface area contributed by atoms with Crippen molar-refractivity contribution in [3.63, 3.8) is 0 Å². The van der Waals surface area contributed by atoms with E-state index in [1.807, 2.05) is 0 Å². The van der Waals surface area contributed by atoms with E-state index in [0.717, 1.165) is 5.32 Å². The van der Waals surface area contributed by atoms with Gasteiger partial charge in [-0.05, 0) is 80.3 Å². The zero-order valence-electron chi connectivity index (χ0n) is 32.8. The maximum absolute atomic E-state index is 15.0. The summed E-state index contributed by atoms with van der Waals surface area (Å²) < 4.78 is 83.8. The lowest BCUT2D eigenvalue weighted by Crippen LogP contribution is -2.58. The van der Waals surface area contributed by atoms with Crippen molar-refractivity contribution in [2.45, 2.75) is 76.9 Å². The molecule has 4 amide bonds. The first-order valence-electron chi connectivity index (χ1n) is 17.9. The van der Waals surface area contributed by atoms with Crippen LogP contribution in [0.1, 0.15) is 62.1 Å². The van der Waals surface area contributed by atoms with Crippen LogP contribution in [0.4, 0.5) is 22.0 Å². The summed E-state index contributed by atoms with van der Waals surface area (Å²) in [5.41, 5.74) is -0.148. The molecule has 3 aromatic rings. The minimum absolute atomic E-state index is 0.0488. The molecule has 0 aliphatic carbocycles. The number of benzene rings is 3. The molecule has 0 saturated carbocycles. The van der Waals surface area contributed by atoms with Gasteiger partial charge in [0.25, 0.3) is 11.8 Å². The molecule has 3 rings (SSSR count). The molecule has 0 bridgehead atoms. The maximum Gasteiger partial charge on any atom is 0.405 e. The third-order valence-electron chi connectivity index (χ3n) is 8.14. The second-order valence-corrected chi connectivity index (χ2v) is 14.9. The number of ketones is 1. The van der Waals surface area contributed by atoms with Gasteiger partial charge in [-0.2, -0.15) is 22.0 Å². The molecular formula is C40H44ClF5N4O9. The van der Waals surface area contributed by atoms with Gasteiger partial charge in [0.15, 0.2) is 6.61 Å². The molecule has 0 spiro atoms. The van der Waals surface area contributed by atoms with Crippen LogP contribution in [0.5, 0.6) is 11.5 Å². The fourth-order valence-corrected chi connectivity index (χ4v) is 5.45. The zero-order valence-corrected chi connectivity index (χ0v) is 33.6. The Morgan fingerprint density at radius 3 is 1.93 bits per heavy atom. The van der Waals surface area contributed by atoms with Crippen molar-refractivity contribution in [1.29, 1.82) is 0 Å². The number of halogens is 6. The van der Waals surface area contributed by atoms with Crippen LogP contribution in [-0.2, 0) is 35.1 Å². The van der Waals surface area contributed by atoms with Gasteiger partial charge in [0.1, 0.15) is 35.7 Å². The fraction of sp³-hybridized carbons (Fsp3) is 0.400. The molecule has 59 heavy (non-hydrogen) atoms. The van der Waals surface area contributed by atoms with Gasteiger partial charge in [0.05, 0.1) is 13.2 Å². The number of methoxy groups -OCH3 is 1. The zero-order chi connectivity index (χ0) is 44.3. The summed E-state index contributed by atoms with van der Waals surface area (Å²) in [6.07, 6.45) is -5.26. The Morgan fingerprint density at radius 2 is 1.39 bits per heavy atom. The second-order valence-electron chi connectivity index (χ2n) is 14.4. The molecule has 3 atom stereocenters. The summed E-state index contributed by atoms with van der Waals surface area (Å²) in [6.45, 7) is 5.05. The van der Waals surface area contributed by atoms with E-state index in [-0.39, 0.29) is 28.3 Å². The lowest BCUT2D eigenvalue weighted by molar-refractivity contribution is -0.165. The van der Waals surface area contributed by atoms with Gasteiger partial charge in [-0.25, -0.2) is 4.79 Å². The molecule has 320 valence electrons. The van der Waals surface area contributed by atoms with Crippen molar-refractivity contribution in [1.82, 2.24) is 21.3 Å². The number of rotatable bonds is 18. The van der Waals surface area contributed by atoms with Crippen molar-refractivity contribution in [2.75, 3.05) is 20.3 Å². The molecule has 4 N–H and O–H groups in total. The number of alkyl halides is 5. The number of ether oxygens (including phenoxy) is 3. The Labute approximate surface area is 341 Å². The van der Waals surface area contributed by atoms with Crippen LogP contribution in [0.25, 0.3) is 0 Å². The first kappa shape index (κ1) is 47.6. The van der Waals surface area contributed by atoms with E-state index in [1.165, 1.54) is 81.6 Å². The monoisotopic (exact) mass is 854 g/mol. The van der Waals surface area contributed by atoms with Crippen LogP contribution in [0.2, 0.25) is 5.02 Å². The molecule has 0 aromatic heterocycles. The normalized spacial score (nSPS) is 13.3. The number of hydrogen-bond donors (Lipinski definition) is 4. The first-order valence-corrected chi connectivity index (χ1v) is 18.3. The molecule has 0 radical (unpaired) electrons. The van der Waals surface area contributed by atoms with Gasteiger partial charge in [-0.1, -0.05) is 55.8 Å². The Bertz CT molecular complexity index is 1970. The number of nitrogens with one attached hydrogen (secondary N) is 4. The Balaban J connectivity index is 1.95. The van der Waals surface area contributed by atoms with E-state index in [1.54, 1.807) is 32.9 Å². The molecule has 0 aliphatic rings. The highest BCUT2D eigenvalue weighted by Crippen LogP contribution is 2.25. The lowest BCUT2D eigenvalue weighted by atomic mass is 9.94. The number of hydrogen-bond acceptors (Lipinski definition) is 9. The summed E-state index contributed by atoms with van der Waals surface area (Å²) in [4.78, 5) is 78.7. The highest BCUT2D eigenvalue weighted by molar-refractivity contribution is 6.31. The molecule has 0 heterocycles. The molecule has 3 aromatic carbocycles. The van der Waals surface area contributed by atoms with E-state index >= 15 is 0 Å². The van der Waals surface area contributed by atoms with Gasteiger partial charge in [0.2, 0.25) is 17.6 Å². The summed E-state index contributed by atoms with van der Waals surface area (Å²) >= 11 is 6.08. The Kier molecular flexibility index (Phi) is 16.3. The van der Waals surface area contributed by atoms with Crippen LogP contribution in [-0.4, -0.2) is 85.4 Å². The van der Waals surface area contributed by atoms with Gasteiger partial charge < -0.3 is 35.5 Å². The number of Topliss-reactive ketones (excluding diaryl/α,β-unsaturated/α-hetero) is 1. The van der Waals surface area contributed by atoms with Crippen LogP contribution in [0, 0.1) is 5.92 Å². The standard InChI is InChI=1S/C40H44ClF5N4O9/c1-22(2)31(33(52)40(45,46)37(56)47-21-39(42,43)44)49-36(55)32(24-12-16-27(57-6)17-13-24)50-35(54)29(48-34(53)25-8-7-9-26(41)19-25)18-23-10-14-28(15-11-23)58-20-30(51)59-38(3,4)5/h7-17,19,22,29,31-32H,18,20-21H2,1-6H3,(H,47,56)(H,48,53)(H,49,55)(H,50,54)/t29-,31-,32-/m0/s1. The molecule has 0 fully saturated rings. The van der Waals surface area contributed by atoms with Crippen LogP contribution >= 0.6 is 11.6 Å². The summed E-state index contributed by atoms with van der Waals surface area (Å²) in [7, 11) is 1.36. The topological polar surface area (TPSA) is 178 Å². The smallest absolute Gasteiger partial charge is 0.405 e. The molecule has 0 aliphatic heterocycles. The molecule has 0 saturated heterocycles. The molecule has 0 unspecified atom stereocenters. The maximum atomic E-state index is 15.0. The summed E-state index contributed by atoms with van der Waals surface area (Å²) in [6, 6.07) is 12.1. The van der Waals surface area contributed by atoms with Crippen molar-refractivity contribution >= 4 is 47.0 Å². The predicted octanol–water partition coefficient (Wildman–Crippen LogP) is 5.29. The highest BCUT2D eigenvalue weighted by atomic mass is 35.5. The average molecular weight is 855 g/mol. The number of esters is 1. The molecular weight excluding hydrogens is 811 g/mol. The van der Waals surface area contributed by atoms with Crippen molar-refractivity contribution < 1.29 is 64.9 Å². The Morgan fingerprint density at radius 1 is 0.780 bits per heavy atom. The lowest BCUT2D eigenvalue weighted by Gasteiger charge is -2.28. The second kappa shape index (κ2) is 20.3. The van der Waals surface area contributed by atoms with Gasteiger partial charge in [-0.15, -0.1) is 0 Å². The molecule has 19 heteroatoms. The fourth-order valence-electron chi connectivity index (χ4n) is 5.26. The van der Waals surface area contributed by atoms with Crippen molar-refractivity contribution in [2.24, 2.45) is 5.92 Å². The van der Waals surface area contributed by atoms with Crippen molar-refractivity contribution in [3.05, 3.63) is 94.5 Å². The van der Waals surface area contributed by atoms with Crippen LogP contribution in [0.15, 0.2) is 72.8 Å². The predicted molar refractivity (Wildman–Crippen MR) is 204 cm³/mol. The minimum Gasteiger partial charge on any atom is -0.497 e. The molecule has 13 nitrogen and oxygen atoms in total. The van der Waals surface area contributed by atoms with Crippen LogP contribution in [0.3, 0.4) is 0 Å². The number of carbonyl (C=O) groups excluding carboxylic acids is 6. The SMILES string of the molecule is COc1ccc([C@H](NC(=O)[C@H](Cc2ccc(OCC(=O)OC(C)(C)C)cc2)NC(=O)c2cccc(Cl)c2)C(=O)N[C@H](C(=O)C(F)(F)C(=O)NCC(F)(F)F)C(C)C)cc1. The third kappa shape index (κ3) is 14.8. The van der Waals surface area contributed by atoms with Gasteiger partial charge in [0, 0.05) is 17.0 Å². The largest absolute Gasteiger partial charge is 0.497 e. The minimum atomic E-state index is -5.06. The van der Waals surface area contributed by atoms with Crippen LogP contribution < -0.4 is 30.7 Å². The van der Waals surface area contributed by atoms with E-state index in [9.17, 15) is 50.7 Å². The van der Waals surface area contributed by atoms with Crippen molar-refractivity contribution in [3.8, 4) is 11.5 Å². The van der Waals surface area contributed by atoms with Gasteiger partial charge >= 0.3 is 18.1 Å². The van der Waals surface area contributed by atoms with E-state index in [2.05, 4.69) is 16.0 Å². The summed E-state index contributed by atoms with van der Waals surface area (Å²) in [5, 5.41) is 8.40. The number of amides is 4. The number of carbonyl (C=O) groups is 6. The first-order chi connectivity index (χ1) is 27.4. The average Bonchev–Trinajstić information content (AvgIpc) is 3.15. The van der Waals surface area contributed by atoms with E-state index < -0.39 is 90.3 Å². The Hall–Kier alpha value is -5.78. The third-order valence-corrected chi connectivity index (χ3v) is 8.37. The summed E-state index contributed by atoms with van der Waals surface area (Å²) in [5.74, 6) is -13.8.